The monoisotopic (exact) mass is 680 g/mol. The summed E-state index contributed by atoms with van der Waals surface area (Å²) in [5.41, 5.74) is 10.6. The van der Waals surface area contributed by atoms with Gasteiger partial charge >= 0.3 is 5.69 Å². The van der Waals surface area contributed by atoms with Crippen molar-refractivity contribution in [3.8, 4) is 34.0 Å². The van der Waals surface area contributed by atoms with Gasteiger partial charge in [-0.25, -0.2) is 24.1 Å². The van der Waals surface area contributed by atoms with Crippen LogP contribution >= 0.6 is 0 Å². The van der Waals surface area contributed by atoms with Gasteiger partial charge in [0, 0.05) is 27.1 Å². The summed E-state index contributed by atoms with van der Waals surface area (Å²) in [5.74, 6) is 0.625. The minimum atomic E-state index is -0.152. The van der Waals surface area contributed by atoms with Gasteiger partial charge in [-0.05, 0) is 71.8 Å². The normalized spacial score (nSPS) is 11.8. The summed E-state index contributed by atoms with van der Waals surface area (Å²) in [6.45, 7) is 0. The average Bonchev–Trinajstić information content (AvgIpc) is 3.78. The molecule has 0 saturated heterocycles. The summed E-state index contributed by atoms with van der Waals surface area (Å²) in [7, 11) is 0. The highest BCUT2D eigenvalue weighted by Crippen LogP contribution is 2.37. The van der Waals surface area contributed by atoms with Crippen molar-refractivity contribution in [3.63, 3.8) is 0 Å². The fourth-order valence-corrected chi connectivity index (χ4v) is 7.87. The average molecular weight is 681 g/mol. The minimum absolute atomic E-state index is 0.152. The molecule has 0 aliphatic rings. The molecule has 11 aromatic rings. The molecule has 4 heterocycles. The number of para-hydroxylation sites is 5. The van der Waals surface area contributed by atoms with Gasteiger partial charge in [-0.1, -0.05) is 109 Å². The van der Waals surface area contributed by atoms with E-state index in [1.165, 1.54) is 0 Å². The summed E-state index contributed by atoms with van der Waals surface area (Å²) in [6, 6.07) is 57.4. The Labute approximate surface area is 302 Å². The Morgan fingerprint density at radius 1 is 0.396 bits per heavy atom. The molecular formula is C46H28N6O. The lowest BCUT2D eigenvalue weighted by atomic mass is 10.0. The molecule has 7 heteroatoms. The smallest absolute Gasteiger partial charge is 0.278 e. The topological polar surface area (TPSA) is 70.0 Å². The SMILES string of the molecule is O=c1n(-c2ccccc2)c2ccc(-c3ccc4c(c3)c3ccccc3n4-c3nc(-c4ccccc4)c4ccccc4n3)cc2c2nc3ccccc3n12. The predicted octanol–water partition coefficient (Wildman–Crippen LogP) is 10.2. The van der Waals surface area contributed by atoms with Gasteiger partial charge in [0.2, 0.25) is 5.95 Å². The first-order valence-electron chi connectivity index (χ1n) is 17.6. The molecule has 248 valence electrons. The van der Waals surface area contributed by atoms with Crippen LogP contribution in [-0.2, 0) is 0 Å². The van der Waals surface area contributed by atoms with E-state index >= 15 is 0 Å². The lowest BCUT2D eigenvalue weighted by Gasteiger charge is -2.14. The van der Waals surface area contributed by atoms with Crippen molar-refractivity contribution in [3.05, 3.63) is 180 Å². The second kappa shape index (κ2) is 11.3. The molecular weight excluding hydrogens is 653 g/mol. The third-order valence-corrected chi connectivity index (χ3v) is 10.3. The van der Waals surface area contributed by atoms with E-state index in [1.54, 1.807) is 8.97 Å². The zero-order valence-electron chi connectivity index (χ0n) is 28.3. The second-order valence-corrected chi connectivity index (χ2v) is 13.3. The number of hydrogen-bond donors (Lipinski definition) is 0. The van der Waals surface area contributed by atoms with Crippen molar-refractivity contribution in [2.24, 2.45) is 0 Å². The van der Waals surface area contributed by atoms with Crippen molar-refractivity contribution < 1.29 is 0 Å². The maximum Gasteiger partial charge on any atom is 0.339 e. The summed E-state index contributed by atoms with van der Waals surface area (Å²) >= 11 is 0. The van der Waals surface area contributed by atoms with Crippen LogP contribution < -0.4 is 5.69 Å². The van der Waals surface area contributed by atoms with Crippen molar-refractivity contribution in [2.45, 2.75) is 0 Å². The van der Waals surface area contributed by atoms with Crippen molar-refractivity contribution in [1.29, 1.82) is 0 Å². The van der Waals surface area contributed by atoms with Gasteiger partial charge < -0.3 is 0 Å². The molecule has 0 bridgehead atoms. The molecule has 0 radical (unpaired) electrons. The number of imidazole rings is 1. The van der Waals surface area contributed by atoms with E-state index in [1.807, 2.05) is 91.0 Å². The van der Waals surface area contributed by atoms with Gasteiger partial charge in [0.05, 0.1) is 44.5 Å². The third-order valence-electron chi connectivity index (χ3n) is 10.3. The number of hydrogen-bond acceptors (Lipinski definition) is 4. The van der Waals surface area contributed by atoms with E-state index < -0.39 is 0 Å². The molecule has 4 aromatic heterocycles. The Morgan fingerprint density at radius 2 is 0.981 bits per heavy atom. The summed E-state index contributed by atoms with van der Waals surface area (Å²) < 4.78 is 5.69. The Hall–Kier alpha value is -7.38. The van der Waals surface area contributed by atoms with Crippen molar-refractivity contribution in [1.82, 2.24) is 28.5 Å². The fourth-order valence-electron chi connectivity index (χ4n) is 7.87. The van der Waals surface area contributed by atoms with E-state index in [-0.39, 0.29) is 5.69 Å². The van der Waals surface area contributed by atoms with Crippen LogP contribution in [0.4, 0.5) is 0 Å². The quantitative estimate of drug-likeness (QED) is 0.186. The van der Waals surface area contributed by atoms with Gasteiger partial charge in [-0.15, -0.1) is 0 Å². The highest BCUT2D eigenvalue weighted by Gasteiger charge is 2.20. The maximum atomic E-state index is 14.2. The standard InChI is InChI=1S/C46H28N6O/c53-46-50(32-15-5-2-6-16-32)41-26-24-31(28-36(41)44-47-38-20-10-12-22-42(38)52(44)46)30-23-25-40-35(27-30)33-17-8-11-21-39(33)51(40)45-48-37-19-9-7-18-34(37)43(49-45)29-13-3-1-4-14-29/h1-28H. The molecule has 0 N–H and O–H groups in total. The molecule has 0 amide bonds. The molecule has 53 heavy (non-hydrogen) atoms. The van der Waals surface area contributed by atoms with Crippen LogP contribution in [0.15, 0.2) is 175 Å². The van der Waals surface area contributed by atoms with Crippen LogP contribution in [0.5, 0.6) is 0 Å². The van der Waals surface area contributed by atoms with E-state index in [2.05, 4.69) is 83.4 Å². The first-order valence-corrected chi connectivity index (χ1v) is 17.6. The van der Waals surface area contributed by atoms with Crippen LogP contribution in [0.1, 0.15) is 0 Å². The summed E-state index contributed by atoms with van der Waals surface area (Å²) in [5, 5.41) is 4.12. The second-order valence-electron chi connectivity index (χ2n) is 13.3. The number of fused-ring (bicyclic) bond motifs is 9. The molecule has 0 unspecified atom stereocenters. The van der Waals surface area contributed by atoms with Crippen molar-refractivity contribution >= 4 is 60.3 Å². The van der Waals surface area contributed by atoms with E-state index in [0.717, 1.165) is 82.7 Å². The van der Waals surface area contributed by atoms with Gasteiger partial charge in [0.1, 0.15) is 0 Å². The Bertz CT molecular complexity index is 3310. The first kappa shape index (κ1) is 29.4. The zero-order chi connectivity index (χ0) is 35.0. The first-order chi connectivity index (χ1) is 26.2. The third kappa shape index (κ3) is 4.41. The summed E-state index contributed by atoms with van der Waals surface area (Å²) in [6.07, 6.45) is 0. The lowest BCUT2D eigenvalue weighted by Crippen LogP contribution is -2.25. The van der Waals surface area contributed by atoms with Gasteiger partial charge in [0.25, 0.3) is 0 Å². The highest BCUT2D eigenvalue weighted by atomic mass is 16.1. The largest absolute Gasteiger partial charge is 0.339 e. The molecule has 0 saturated carbocycles. The van der Waals surface area contributed by atoms with Crippen LogP contribution in [0.25, 0.3) is 94.3 Å². The molecule has 7 aromatic carbocycles. The summed E-state index contributed by atoms with van der Waals surface area (Å²) in [4.78, 5) is 29.5. The van der Waals surface area contributed by atoms with E-state index in [9.17, 15) is 4.79 Å². The number of nitrogens with zero attached hydrogens (tertiary/aromatic N) is 6. The molecule has 0 aliphatic carbocycles. The van der Waals surface area contributed by atoms with E-state index in [0.29, 0.717) is 11.6 Å². The van der Waals surface area contributed by atoms with Crippen LogP contribution in [-0.4, -0.2) is 28.5 Å². The molecule has 0 fully saturated rings. The fraction of sp³-hybridized carbons (Fsp3) is 0. The lowest BCUT2D eigenvalue weighted by molar-refractivity contribution is 0.932. The van der Waals surface area contributed by atoms with Gasteiger partial charge in [-0.2, -0.15) is 0 Å². The maximum absolute atomic E-state index is 14.2. The van der Waals surface area contributed by atoms with Crippen LogP contribution in [0.2, 0.25) is 0 Å². The van der Waals surface area contributed by atoms with Crippen LogP contribution in [0, 0.1) is 0 Å². The molecule has 0 aliphatic heterocycles. The Morgan fingerprint density at radius 3 is 1.75 bits per heavy atom. The van der Waals surface area contributed by atoms with Gasteiger partial charge in [0.15, 0.2) is 5.65 Å². The number of rotatable bonds is 4. The van der Waals surface area contributed by atoms with E-state index in [4.69, 9.17) is 15.0 Å². The van der Waals surface area contributed by atoms with Crippen molar-refractivity contribution in [2.75, 3.05) is 0 Å². The van der Waals surface area contributed by atoms with Gasteiger partial charge in [-0.3, -0.25) is 9.13 Å². The minimum Gasteiger partial charge on any atom is -0.278 e. The highest BCUT2D eigenvalue weighted by molar-refractivity contribution is 6.11. The molecule has 0 spiro atoms. The Kier molecular flexibility index (Phi) is 6.27. The number of aromatic nitrogens is 6. The molecule has 0 atom stereocenters. The van der Waals surface area contributed by atoms with Crippen LogP contribution in [0.3, 0.4) is 0 Å². The Balaban J connectivity index is 1.15. The number of benzene rings is 7. The molecule has 11 rings (SSSR count). The molecule has 7 nitrogen and oxygen atoms in total. The predicted molar refractivity (Wildman–Crippen MR) is 214 cm³/mol. The zero-order valence-corrected chi connectivity index (χ0v) is 28.3.